The molecule has 0 aromatic carbocycles. The van der Waals surface area contributed by atoms with Gasteiger partial charge in [0.25, 0.3) is 0 Å². The predicted molar refractivity (Wildman–Crippen MR) is 60.0 cm³/mol. The molecule has 1 aromatic heterocycles. The van der Waals surface area contributed by atoms with Crippen molar-refractivity contribution in [2.45, 2.75) is 25.8 Å². The minimum Gasteiger partial charge on any atom is -0.481 e. The molecule has 1 rings (SSSR count). The summed E-state index contributed by atoms with van der Waals surface area (Å²) in [6.07, 6.45) is 2.35. The molecular formula is C10H18N4O. The number of nitrogens with zero attached hydrogens (tertiary/aromatic N) is 2. The topological polar surface area (TPSA) is 73.1 Å². The fourth-order valence-corrected chi connectivity index (χ4v) is 1.29. The third kappa shape index (κ3) is 3.71. The molecule has 0 radical (unpaired) electrons. The standard InChI is InChI=1S/C10H18N4O/c1-10(2,4-5-11)14-8-6-9(15-3)13-7-12-8/h6-7H,4-5,11H2,1-3H3,(H,12,13,14). The lowest BCUT2D eigenvalue weighted by Gasteiger charge is -2.26. The quantitative estimate of drug-likeness (QED) is 0.759. The highest BCUT2D eigenvalue weighted by Crippen LogP contribution is 2.17. The maximum atomic E-state index is 5.53. The Hall–Kier alpha value is -1.36. The molecule has 0 aliphatic carbocycles. The van der Waals surface area contributed by atoms with E-state index in [0.717, 1.165) is 12.2 Å². The van der Waals surface area contributed by atoms with Crippen molar-refractivity contribution in [3.05, 3.63) is 12.4 Å². The van der Waals surface area contributed by atoms with Crippen molar-refractivity contribution in [1.82, 2.24) is 9.97 Å². The van der Waals surface area contributed by atoms with Gasteiger partial charge in [-0.1, -0.05) is 0 Å². The van der Waals surface area contributed by atoms with E-state index in [1.165, 1.54) is 6.33 Å². The average molecular weight is 210 g/mol. The molecule has 0 aliphatic rings. The average Bonchev–Trinajstić information content (AvgIpc) is 2.17. The summed E-state index contributed by atoms with van der Waals surface area (Å²) in [6, 6.07) is 1.76. The molecule has 84 valence electrons. The zero-order valence-electron chi connectivity index (χ0n) is 9.45. The molecule has 1 heterocycles. The Labute approximate surface area is 90.1 Å². The molecule has 15 heavy (non-hydrogen) atoms. The molecule has 0 unspecified atom stereocenters. The Balaban J connectivity index is 2.71. The molecule has 3 N–H and O–H groups in total. The lowest BCUT2D eigenvalue weighted by molar-refractivity contribution is 0.396. The van der Waals surface area contributed by atoms with Crippen molar-refractivity contribution in [2.24, 2.45) is 5.73 Å². The van der Waals surface area contributed by atoms with Crippen LogP contribution in [0.1, 0.15) is 20.3 Å². The van der Waals surface area contributed by atoms with Crippen LogP contribution in [0.5, 0.6) is 5.88 Å². The van der Waals surface area contributed by atoms with Crippen LogP contribution in [0.4, 0.5) is 5.82 Å². The van der Waals surface area contributed by atoms with E-state index in [9.17, 15) is 0 Å². The van der Waals surface area contributed by atoms with Crippen molar-refractivity contribution in [1.29, 1.82) is 0 Å². The van der Waals surface area contributed by atoms with Crippen molar-refractivity contribution >= 4 is 5.82 Å². The van der Waals surface area contributed by atoms with Crippen LogP contribution in [-0.4, -0.2) is 29.2 Å². The fourth-order valence-electron chi connectivity index (χ4n) is 1.29. The largest absolute Gasteiger partial charge is 0.481 e. The molecule has 0 saturated heterocycles. The second-order valence-corrected chi connectivity index (χ2v) is 3.99. The summed E-state index contributed by atoms with van der Waals surface area (Å²) in [5, 5.41) is 3.28. The van der Waals surface area contributed by atoms with Crippen LogP contribution in [-0.2, 0) is 0 Å². The van der Waals surface area contributed by atoms with E-state index >= 15 is 0 Å². The second kappa shape index (κ2) is 4.93. The monoisotopic (exact) mass is 210 g/mol. The number of aromatic nitrogens is 2. The number of anilines is 1. The molecule has 0 amide bonds. The maximum absolute atomic E-state index is 5.53. The zero-order valence-corrected chi connectivity index (χ0v) is 9.45. The van der Waals surface area contributed by atoms with Gasteiger partial charge in [0, 0.05) is 11.6 Å². The minimum absolute atomic E-state index is 0.0753. The Morgan fingerprint density at radius 2 is 2.20 bits per heavy atom. The van der Waals surface area contributed by atoms with E-state index in [-0.39, 0.29) is 5.54 Å². The number of methoxy groups -OCH3 is 1. The molecule has 5 nitrogen and oxygen atoms in total. The van der Waals surface area contributed by atoms with Crippen molar-refractivity contribution in [3.8, 4) is 5.88 Å². The molecule has 0 atom stereocenters. The number of nitrogens with one attached hydrogen (secondary N) is 1. The molecular weight excluding hydrogens is 192 g/mol. The maximum Gasteiger partial charge on any atom is 0.218 e. The minimum atomic E-state index is -0.0753. The Kier molecular flexibility index (Phi) is 3.85. The highest BCUT2D eigenvalue weighted by Gasteiger charge is 2.16. The van der Waals surface area contributed by atoms with Gasteiger partial charge in [0.1, 0.15) is 12.1 Å². The second-order valence-electron chi connectivity index (χ2n) is 3.99. The van der Waals surface area contributed by atoms with Gasteiger partial charge in [0.05, 0.1) is 7.11 Å². The van der Waals surface area contributed by atoms with Crippen LogP contribution in [0, 0.1) is 0 Å². The van der Waals surface area contributed by atoms with Gasteiger partial charge in [0.15, 0.2) is 0 Å². The SMILES string of the molecule is COc1cc(NC(C)(C)CCN)ncn1. The molecule has 1 aromatic rings. The van der Waals surface area contributed by atoms with Gasteiger partial charge < -0.3 is 15.8 Å². The predicted octanol–water partition coefficient (Wildman–Crippen LogP) is 1.02. The highest BCUT2D eigenvalue weighted by molar-refractivity contribution is 5.39. The number of rotatable bonds is 5. The summed E-state index contributed by atoms with van der Waals surface area (Å²) in [4.78, 5) is 8.05. The van der Waals surface area contributed by atoms with E-state index in [2.05, 4.69) is 29.1 Å². The number of nitrogens with two attached hydrogens (primary N) is 1. The third-order valence-corrected chi connectivity index (χ3v) is 2.09. The summed E-state index contributed by atoms with van der Waals surface area (Å²) >= 11 is 0. The van der Waals surface area contributed by atoms with Crippen molar-refractivity contribution in [2.75, 3.05) is 19.0 Å². The molecule has 0 fully saturated rings. The fraction of sp³-hybridized carbons (Fsp3) is 0.600. The van der Waals surface area contributed by atoms with Crippen LogP contribution in [0.3, 0.4) is 0 Å². The van der Waals surface area contributed by atoms with Crippen LogP contribution in [0.2, 0.25) is 0 Å². The molecule has 0 aliphatic heterocycles. The van der Waals surface area contributed by atoms with E-state index < -0.39 is 0 Å². The zero-order chi connectivity index (χ0) is 11.3. The first kappa shape index (κ1) is 11.7. The van der Waals surface area contributed by atoms with Crippen LogP contribution >= 0.6 is 0 Å². The van der Waals surface area contributed by atoms with Gasteiger partial charge >= 0.3 is 0 Å². The lowest BCUT2D eigenvalue weighted by Crippen LogP contribution is -2.33. The summed E-state index contributed by atoms with van der Waals surface area (Å²) in [7, 11) is 1.58. The summed E-state index contributed by atoms with van der Waals surface area (Å²) in [6.45, 7) is 4.80. The van der Waals surface area contributed by atoms with Crippen LogP contribution in [0.15, 0.2) is 12.4 Å². The molecule has 0 bridgehead atoms. The van der Waals surface area contributed by atoms with E-state index in [0.29, 0.717) is 12.4 Å². The lowest BCUT2D eigenvalue weighted by atomic mass is 10.0. The normalized spacial score (nSPS) is 11.2. The Bertz CT molecular complexity index is 314. The van der Waals surface area contributed by atoms with Crippen molar-refractivity contribution in [3.63, 3.8) is 0 Å². The third-order valence-electron chi connectivity index (χ3n) is 2.09. The van der Waals surface area contributed by atoms with Gasteiger partial charge in [-0.15, -0.1) is 0 Å². The van der Waals surface area contributed by atoms with E-state index in [4.69, 9.17) is 10.5 Å². The van der Waals surface area contributed by atoms with Gasteiger partial charge in [-0.25, -0.2) is 9.97 Å². The Morgan fingerprint density at radius 1 is 1.47 bits per heavy atom. The number of ether oxygens (including phenoxy) is 1. The van der Waals surface area contributed by atoms with Crippen LogP contribution < -0.4 is 15.8 Å². The number of hydrogen-bond donors (Lipinski definition) is 2. The van der Waals surface area contributed by atoms with Crippen LogP contribution in [0.25, 0.3) is 0 Å². The molecule has 5 heteroatoms. The van der Waals surface area contributed by atoms with Crippen molar-refractivity contribution < 1.29 is 4.74 Å². The van der Waals surface area contributed by atoms with E-state index in [1.807, 2.05) is 0 Å². The Morgan fingerprint density at radius 3 is 2.80 bits per heavy atom. The first-order valence-corrected chi connectivity index (χ1v) is 4.92. The highest BCUT2D eigenvalue weighted by atomic mass is 16.5. The molecule has 0 saturated carbocycles. The van der Waals surface area contributed by atoms with Gasteiger partial charge in [-0.3, -0.25) is 0 Å². The summed E-state index contributed by atoms with van der Waals surface area (Å²) in [5.74, 6) is 1.30. The van der Waals surface area contributed by atoms with Gasteiger partial charge in [-0.2, -0.15) is 0 Å². The summed E-state index contributed by atoms with van der Waals surface area (Å²) in [5.41, 5.74) is 5.45. The summed E-state index contributed by atoms with van der Waals surface area (Å²) < 4.78 is 5.01. The first-order chi connectivity index (χ1) is 7.07. The van der Waals surface area contributed by atoms with Gasteiger partial charge in [0.2, 0.25) is 5.88 Å². The van der Waals surface area contributed by atoms with E-state index in [1.54, 1.807) is 13.2 Å². The first-order valence-electron chi connectivity index (χ1n) is 4.92. The number of hydrogen-bond acceptors (Lipinski definition) is 5. The smallest absolute Gasteiger partial charge is 0.218 e. The molecule has 0 spiro atoms. The van der Waals surface area contributed by atoms with Gasteiger partial charge in [-0.05, 0) is 26.8 Å².